The first-order chi connectivity index (χ1) is 10.9. The van der Waals surface area contributed by atoms with E-state index in [0.717, 1.165) is 68.3 Å². The molecule has 3 heterocycles. The van der Waals surface area contributed by atoms with E-state index in [-0.39, 0.29) is 0 Å². The Morgan fingerprint density at radius 1 is 1.14 bits per heavy atom. The van der Waals surface area contributed by atoms with Crippen molar-refractivity contribution in [3.8, 4) is 11.4 Å². The molecule has 1 aliphatic rings. The largest absolute Gasteiger partial charge is 0.355 e. The van der Waals surface area contributed by atoms with Gasteiger partial charge in [0.25, 0.3) is 0 Å². The second-order valence-electron chi connectivity index (χ2n) is 5.62. The Morgan fingerprint density at radius 3 is 2.82 bits per heavy atom. The molecule has 1 fully saturated rings. The van der Waals surface area contributed by atoms with Crippen molar-refractivity contribution in [3.05, 3.63) is 36.3 Å². The summed E-state index contributed by atoms with van der Waals surface area (Å²) in [6.07, 6.45) is 6.81. The van der Waals surface area contributed by atoms with Crippen LogP contribution in [-0.2, 0) is 6.42 Å². The Bertz CT molecular complexity index is 591. The highest BCUT2D eigenvalue weighted by molar-refractivity contribution is 5.57. The Labute approximate surface area is 131 Å². The zero-order valence-corrected chi connectivity index (χ0v) is 13.1. The summed E-state index contributed by atoms with van der Waals surface area (Å²) in [4.78, 5) is 16.0. The van der Waals surface area contributed by atoms with E-state index in [1.807, 2.05) is 12.1 Å². The minimum Gasteiger partial charge on any atom is -0.355 e. The highest BCUT2D eigenvalue weighted by Gasteiger charge is 2.14. The van der Waals surface area contributed by atoms with E-state index in [9.17, 15) is 0 Å². The molecule has 2 aromatic heterocycles. The van der Waals surface area contributed by atoms with Crippen molar-refractivity contribution in [2.45, 2.75) is 26.2 Å². The summed E-state index contributed by atoms with van der Waals surface area (Å²) in [5.74, 6) is 1.86. The minimum atomic E-state index is 0.806. The molecule has 1 aliphatic heterocycles. The molecule has 0 aliphatic carbocycles. The standard InChI is InChI=1S/C17H23N5/c1-2-4-15-13-16(22-11-3-7-18-10-12-22)21-17(20-15)14-5-8-19-9-6-14/h5-6,8-9,13,18H,2-4,7,10-12H2,1H3. The quantitative estimate of drug-likeness (QED) is 0.938. The molecule has 0 radical (unpaired) electrons. The second-order valence-corrected chi connectivity index (χ2v) is 5.62. The molecule has 5 heteroatoms. The molecule has 0 unspecified atom stereocenters. The first kappa shape index (κ1) is 14.9. The fraction of sp³-hybridized carbons (Fsp3) is 0.471. The monoisotopic (exact) mass is 297 g/mol. The molecule has 0 atom stereocenters. The number of aryl methyl sites for hydroxylation is 1. The molecule has 22 heavy (non-hydrogen) atoms. The predicted molar refractivity (Wildman–Crippen MR) is 89.0 cm³/mol. The maximum Gasteiger partial charge on any atom is 0.161 e. The van der Waals surface area contributed by atoms with E-state index < -0.39 is 0 Å². The Balaban J connectivity index is 1.96. The van der Waals surface area contributed by atoms with Crippen molar-refractivity contribution >= 4 is 5.82 Å². The van der Waals surface area contributed by atoms with Gasteiger partial charge >= 0.3 is 0 Å². The van der Waals surface area contributed by atoms with Gasteiger partial charge in [0, 0.05) is 49.4 Å². The van der Waals surface area contributed by atoms with Crippen LogP contribution >= 0.6 is 0 Å². The van der Waals surface area contributed by atoms with Gasteiger partial charge in [0.2, 0.25) is 0 Å². The second kappa shape index (κ2) is 7.31. The van der Waals surface area contributed by atoms with Crippen molar-refractivity contribution in [2.24, 2.45) is 0 Å². The fourth-order valence-corrected chi connectivity index (χ4v) is 2.73. The maximum absolute atomic E-state index is 4.81. The molecule has 1 saturated heterocycles. The fourth-order valence-electron chi connectivity index (χ4n) is 2.73. The third-order valence-electron chi connectivity index (χ3n) is 3.87. The Kier molecular flexibility index (Phi) is 4.96. The van der Waals surface area contributed by atoms with Crippen LogP contribution in [0.5, 0.6) is 0 Å². The van der Waals surface area contributed by atoms with Crippen molar-refractivity contribution in [2.75, 3.05) is 31.1 Å². The molecule has 116 valence electrons. The number of anilines is 1. The van der Waals surface area contributed by atoms with Crippen LogP contribution in [0.15, 0.2) is 30.6 Å². The lowest BCUT2D eigenvalue weighted by molar-refractivity contribution is 0.724. The van der Waals surface area contributed by atoms with Gasteiger partial charge in [0.05, 0.1) is 0 Å². The topological polar surface area (TPSA) is 53.9 Å². The number of rotatable bonds is 4. The van der Waals surface area contributed by atoms with Gasteiger partial charge in [-0.25, -0.2) is 9.97 Å². The van der Waals surface area contributed by atoms with Crippen LogP contribution in [0.4, 0.5) is 5.82 Å². The molecule has 2 aromatic rings. The SMILES string of the molecule is CCCc1cc(N2CCCNCC2)nc(-c2ccncc2)n1. The third-order valence-corrected chi connectivity index (χ3v) is 3.87. The number of nitrogens with zero attached hydrogens (tertiary/aromatic N) is 4. The first-order valence-corrected chi connectivity index (χ1v) is 8.11. The van der Waals surface area contributed by atoms with Gasteiger partial charge in [-0.1, -0.05) is 13.3 Å². The molecule has 0 spiro atoms. The van der Waals surface area contributed by atoms with E-state index in [1.54, 1.807) is 12.4 Å². The molecule has 1 N–H and O–H groups in total. The van der Waals surface area contributed by atoms with E-state index in [1.165, 1.54) is 0 Å². The summed E-state index contributed by atoms with van der Waals surface area (Å²) >= 11 is 0. The lowest BCUT2D eigenvalue weighted by atomic mass is 10.2. The molecule has 0 amide bonds. The van der Waals surface area contributed by atoms with Crippen molar-refractivity contribution in [1.82, 2.24) is 20.3 Å². The molecule has 5 nitrogen and oxygen atoms in total. The number of nitrogens with one attached hydrogen (secondary N) is 1. The summed E-state index contributed by atoms with van der Waals surface area (Å²) in [6.45, 7) is 6.33. The molecular formula is C17H23N5. The van der Waals surface area contributed by atoms with E-state index in [4.69, 9.17) is 9.97 Å². The van der Waals surface area contributed by atoms with E-state index >= 15 is 0 Å². The highest BCUT2D eigenvalue weighted by Crippen LogP contribution is 2.21. The lowest BCUT2D eigenvalue weighted by Crippen LogP contribution is -2.29. The smallest absolute Gasteiger partial charge is 0.161 e. The van der Waals surface area contributed by atoms with Crippen molar-refractivity contribution in [3.63, 3.8) is 0 Å². The van der Waals surface area contributed by atoms with Crippen molar-refractivity contribution < 1.29 is 0 Å². The number of hydrogen-bond donors (Lipinski definition) is 1. The minimum absolute atomic E-state index is 0.806. The number of hydrogen-bond acceptors (Lipinski definition) is 5. The Morgan fingerprint density at radius 2 is 2.00 bits per heavy atom. The average molecular weight is 297 g/mol. The van der Waals surface area contributed by atoms with Gasteiger partial charge < -0.3 is 10.2 Å². The van der Waals surface area contributed by atoms with Crippen LogP contribution in [0.2, 0.25) is 0 Å². The summed E-state index contributed by atoms with van der Waals surface area (Å²) in [7, 11) is 0. The molecule has 0 bridgehead atoms. The normalized spacial score (nSPS) is 15.6. The van der Waals surface area contributed by atoms with E-state index in [0.29, 0.717) is 0 Å². The summed E-state index contributed by atoms with van der Waals surface area (Å²) in [5.41, 5.74) is 2.15. The lowest BCUT2D eigenvalue weighted by Gasteiger charge is -2.22. The van der Waals surface area contributed by atoms with Gasteiger partial charge in [-0.2, -0.15) is 0 Å². The van der Waals surface area contributed by atoms with Crippen molar-refractivity contribution in [1.29, 1.82) is 0 Å². The third kappa shape index (κ3) is 3.60. The molecule has 3 rings (SSSR count). The zero-order valence-electron chi connectivity index (χ0n) is 13.1. The number of pyridine rings is 1. The molecule has 0 saturated carbocycles. The average Bonchev–Trinajstić information content (AvgIpc) is 2.85. The highest BCUT2D eigenvalue weighted by atomic mass is 15.2. The van der Waals surface area contributed by atoms with Gasteiger partial charge in [-0.05, 0) is 31.5 Å². The summed E-state index contributed by atoms with van der Waals surface area (Å²) < 4.78 is 0. The van der Waals surface area contributed by atoms with Crippen LogP contribution in [0, 0.1) is 0 Å². The Hall–Kier alpha value is -2.01. The molecule has 0 aromatic carbocycles. The van der Waals surface area contributed by atoms with E-state index in [2.05, 4.69) is 28.2 Å². The van der Waals surface area contributed by atoms with Crippen LogP contribution in [-0.4, -0.2) is 41.1 Å². The van der Waals surface area contributed by atoms with Gasteiger partial charge in [-0.15, -0.1) is 0 Å². The summed E-state index contributed by atoms with van der Waals surface area (Å²) in [6, 6.07) is 6.09. The number of aromatic nitrogens is 3. The van der Waals surface area contributed by atoms with Gasteiger partial charge in [0.15, 0.2) is 5.82 Å². The summed E-state index contributed by atoms with van der Waals surface area (Å²) in [5, 5.41) is 3.44. The van der Waals surface area contributed by atoms with Gasteiger partial charge in [0.1, 0.15) is 5.82 Å². The zero-order chi connectivity index (χ0) is 15.2. The van der Waals surface area contributed by atoms with Crippen LogP contribution in [0.1, 0.15) is 25.5 Å². The first-order valence-electron chi connectivity index (χ1n) is 8.11. The van der Waals surface area contributed by atoms with Crippen LogP contribution in [0.25, 0.3) is 11.4 Å². The van der Waals surface area contributed by atoms with Crippen LogP contribution in [0.3, 0.4) is 0 Å². The predicted octanol–water partition coefficient (Wildman–Crippen LogP) is 2.29. The van der Waals surface area contributed by atoms with Crippen LogP contribution < -0.4 is 10.2 Å². The molecular weight excluding hydrogens is 274 g/mol. The maximum atomic E-state index is 4.81. The van der Waals surface area contributed by atoms with Gasteiger partial charge in [-0.3, -0.25) is 4.98 Å².